The molecule has 0 amide bonds. The Morgan fingerprint density at radius 2 is 1.19 bits per heavy atom. The highest BCUT2D eigenvalue weighted by atomic mass is 31.3. The molecular formula is C58H83NO9P2. The molecular weight excluding hydrogens is 917 g/mol. The fourth-order valence-corrected chi connectivity index (χ4v) is 11.5. The number of aromatic hydroxyl groups is 1. The maximum atomic E-state index is 13.7. The Labute approximate surface area is 421 Å². The van der Waals surface area contributed by atoms with Crippen LogP contribution in [0.1, 0.15) is 136 Å². The topological polar surface area (TPSA) is 113 Å². The predicted octanol–water partition coefficient (Wildman–Crippen LogP) is 16.5. The molecule has 0 heterocycles. The van der Waals surface area contributed by atoms with Gasteiger partial charge in [-0.25, -0.2) is 9.13 Å². The number of allylic oxidation sites excluding steroid dienone is 9. The molecule has 0 aromatic heterocycles. The number of phenols is 1. The molecule has 10 nitrogen and oxygen atoms in total. The van der Waals surface area contributed by atoms with Crippen molar-refractivity contribution in [1.29, 1.82) is 0 Å². The SMILES string of the molecule is CCC(=C(c1ccc(O)cc1)c1ccc(OCCN(C)CCC(C)=CCCC(C)=CCCC2(C)C(C=C(C)CCC=C(C)CCC=C(C)C)C2OP(=O)(OC)OP(=O)(OC)OC)cc1)c1ccccc1. The molecule has 384 valence electrons. The summed E-state index contributed by atoms with van der Waals surface area (Å²) in [6, 6.07) is 26.3. The molecule has 1 aliphatic carbocycles. The van der Waals surface area contributed by atoms with Crippen LogP contribution in [0.15, 0.2) is 137 Å². The normalized spacial score (nSPS) is 19.2. The van der Waals surface area contributed by atoms with Crippen molar-refractivity contribution in [3.63, 3.8) is 0 Å². The molecule has 1 N–H and O–H groups in total. The van der Waals surface area contributed by atoms with Gasteiger partial charge in [0.2, 0.25) is 0 Å². The molecule has 0 radical (unpaired) electrons. The molecule has 0 aliphatic heterocycles. The summed E-state index contributed by atoms with van der Waals surface area (Å²) in [6.45, 7) is 19.7. The number of likely N-dealkylation sites (N-methyl/N-ethyl adjacent to an activating group) is 1. The van der Waals surface area contributed by atoms with Gasteiger partial charge in [0, 0.05) is 45.8 Å². The van der Waals surface area contributed by atoms with Crippen LogP contribution in [0.5, 0.6) is 11.5 Å². The van der Waals surface area contributed by atoms with Gasteiger partial charge in [0.1, 0.15) is 18.1 Å². The van der Waals surface area contributed by atoms with Gasteiger partial charge in [0.25, 0.3) is 0 Å². The minimum Gasteiger partial charge on any atom is -0.508 e. The van der Waals surface area contributed by atoms with Crippen molar-refractivity contribution in [3.8, 4) is 11.5 Å². The van der Waals surface area contributed by atoms with Crippen LogP contribution < -0.4 is 4.74 Å². The van der Waals surface area contributed by atoms with Gasteiger partial charge < -0.3 is 14.7 Å². The quantitative estimate of drug-likeness (QED) is 0.0380. The van der Waals surface area contributed by atoms with Crippen LogP contribution in [-0.2, 0) is 31.5 Å². The number of phosphoric ester groups is 2. The van der Waals surface area contributed by atoms with Gasteiger partial charge in [-0.2, -0.15) is 4.31 Å². The molecule has 1 saturated carbocycles. The summed E-state index contributed by atoms with van der Waals surface area (Å²) in [5.41, 5.74) is 12.1. The fraction of sp³-hybridized carbons (Fsp3) is 0.483. The number of nitrogens with zero attached hydrogens (tertiary/aromatic N) is 1. The van der Waals surface area contributed by atoms with Gasteiger partial charge in [-0.1, -0.05) is 127 Å². The number of phosphoric acid groups is 2. The molecule has 4 rings (SSSR count). The average molecular weight is 1000 g/mol. The molecule has 4 unspecified atom stereocenters. The first-order valence-corrected chi connectivity index (χ1v) is 27.8. The number of hydrogen-bond donors (Lipinski definition) is 1. The van der Waals surface area contributed by atoms with E-state index in [1.807, 2.05) is 30.3 Å². The van der Waals surface area contributed by atoms with Crippen LogP contribution in [0, 0.1) is 11.3 Å². The Balaban J connectivity index is 1.27. The van der Waals surface area contributed by atoms with Gasteiger partial charge in [-0.3, -0.25) is 18.1 Å². The van der Waals surface area contributed by atoms with Crippen LogP contribution in [0.4, 0.5) is 0 Å². The largest absolute Gasteiger partial charge is 0.508 e. The molecule has 0 spiro atoms. The molecule has 3 aromatic rings. The third-order valence-corrected chi connectivity index (χ3v) is 16.7. The van der Waals surface area contributed by atoms with Gasteiger partial charge in [0.05, 0.1) is 6.10 Å². The zero-order chi connectivity index (χ0) is 51.3. The number of rotatable bonds is 31. The fourth-order valence-electron chi connectivity index (χ4n) is 8.66. The van der Waals surface area contributed by atoms with Crippen molar-refractivity contribution in [3.05, 3.63) is 154 Å². The minimum absolute atomic E-state index is 0.0312. The van der Waals surface area contributed by atoms with E-state index in [4.69, 9.17) is 27.1 Å². The minimum atomic E-state index is -4.29. The van der Waals surface area contributed by atoms with E-state index in [2.05, 4.69) is 134 Å². The molecule has 12 heteroatoms. The zero-order valence-corrected chi connectivity index (χ0v) is 46.1. The van der Waals surface area contributed by atoms with Crippen LogP contribution in [-0.4, -0.2) is 64.2 Å². The van der Waals surface area contributed by atoms with Gasteiger partial charge in [-0.15, -0.1) is 0 Å². The van der Waals surface area contributed by atoms with E-state index < -0.39 is 21.7 Å². The first kappa shape index (κ1) is 58.5. The summed E-state index contributed by atoms with van der Waals surface area (Å²) in [5.74, 6) is 1.06. The maximum Gasteiger partial charge on any atom is 0.483 e. The van der Waals surface area contributed by atoms with Crippen molar-refractivity contribution in [2.75, 3.05) is 48.1 Å². The van der Waals surface area contributed by atoms with Crippen LogP contribution in [0.25, 0.3) is 11.1 Å². The third kappa shape index (κ3) is 18.8. The second kappa shape index (κ2) is 28.8. The average Bonchev–Trinajstić information content (AvgIpc) is 3.87. The van der Waals surface area contributed by atoms with Crippen LogP contribution in [0.3, 0.4) is 0 Å². The van der Waals surface area contributed by atoms with E-state index in [1.165, 1.54) is 46.1 Å². The second-order valence-corrected chi connectivity index (χ2v) is 23.0. The summed E-state index contributed by atoms with van der Waals surface area (Å²) in [4.78, 5) is 2.31. The van der Waals surface area contributed by atoms with Gasteiger partial charge in [0.15, 0.2) is 0 Å². The van der Waals surface area contributed by atoms with E-state index >= 15 is 0 Å². The molecule has 70 heavy (non-hydrogen) atoms. The standard InChI is InChI=1S/C58H83NO9P2/c1-13-54(49-28-15-14-16-29-49)56(50-30-34-52(60)35-31-50)51-32-36-53(37-33-51)66-42-41-59(9)40-38-47(6)25-18-23-46(5)27-20-39-58(8)55(43-48(7)26-19-24-45(4)22-17-21-44(2)3)57(58)67-70(62,65-12)68-69(61,63-10)64-11/h14-16,21,24-25,27-37,43,55,57,60H,13,17-20,22-23,26,38-42H2,1-12H3. The Morgan fingerprint density at radius 1 is 0.657 bits per heavy atom. The van der Waals surface area contributed by atoms with Crippen molar-refractivity contribution in [2.45, 2.75) is 126 Å². The number of ether oxygens (including phenoxy) is 1. The summed E-state index contributed by atoms with van der Waals surface area (Å²) < 4.78 is 59.0. The highest BCUT2D eigenvalue weighted by Gasteiger charge is 2.63. The Bertz CT molecular complexity index is 2370. The Hall–Kier alpha value is -4.08. The smallest absolute Gasteiger partial charge is 0.483 e. The Kier molecular flexibility index (Phi) is 24.1. The highest BCUT2D eigenvalue weighted by Crippen LogP contribution is 2.71. The lowest BCUT2D eigenvalue weighted by atomic mass is 9.88. The van der Waals surface area contributed by atoms with E-state index in [0.717, 1.165) is 114 Å². The lowest BCUT2D eigenvalue weighted by molar-refractivity contribution is 0.124. The predicted molar refractivity (Wildman–Crippen MR) is 290 cm³/mol. The van der Waals surface area contributed by atoms with Crippen LogP contribution >= 0.6 is 15.6 Å². The van der Waals surface area contributed by atoms with Gasteiger partial charge in [-0.05, 0) is 165 Å². The Morgan fingerprint density at radius 3 is 1.74 bits per heavy atom. The maximum absolute atomic E-state index is 13.7. The van der Waals surface area contributed by atoms with Crippen molar-refractivity contribution in [1.82, 2.24) is 4.90 Å². The summed E-state index contributed by atoms with van der Waals surface area (Å²) in [7, 11) is -2.76. The molecule has 3 aromatic carbocycles. The van der Waals surface area contributed by atoms with Crippen molar-refractivity contribution >= 4 is 26.8 Å². The molecule has 1 aliphatic rings. The summed E-state index contributed by atoms with van der Waals surface area (Å²) >= 11 is 0. The number of hydrogen-bond acceptors (Lipinski definition) is 10. The zero-order valence-electron chi connectivity index (χ0n) is 44.3. The summed E-state index contributed by atoms with van der Waals surface area (Å²) in [5, 5.41) is 9.99. The molecule has 0 saturated heterocycles. The number of phenolic OH excluding ortho intramolecular Hbond substituents is 1. The second-order valence-electron chi connectivity index (χ2n) is 19.2. The summed E-state index contributed by atoms with van der Waals surface area (Å²) in [6.07, 6.45) is 20.4. The molecule has 1 fully saturated rings. The number of benzene rings is 3. The van der Waals surface area contributed by atoms with E-state index in [1.54, 1.807) is 12.1 Å². The first-order valence-electron chi connectivity index (χ1n) is 24.9. The first-order chi connectivity index (χ1) is 33.4. The molecule has 0 bridgehead atoms. The van der Waals surface area contributed by atoms with E-state index in [0.29, 0.717) is 6.61 Å². The van der Waals surface area contributed by atoms with Crippen molar-refractivity contribution in [2.24, 2.45) is 11.3 Å². The van der Waals surface area contributed by atoms with E-state index in [9.17, 15) is 14.2 Å². The monoisotopic (exact) mass is 1000 g/mol. The van der Waals surface area contributed by atoms with E-state index in [-0.39, 0.29) is 17.1 Å². The third-order valence-electron chi connectivity index (χ3n) is 13.2. The lowest BCUT2D eigenvalue weighted by Gasteiger charge is -2.20. The van der Waals surface area contributed by atoms with Gasteiger partial charge >= 0.3 is 15.6 Å². The van der Waals surface area contributed by atoms with Crippen molar-refractivity contribution < 1.29 is 41.4 Å². The van der Waals surface area contributed by atoms with Crippen LogP contribution in [0.2, 0.25) is 0 Å². The highest BCUT2D eigenvalue weighted by molar-refractivity contribution is 7.62. The molecule has 4 atom stereocenters. The lowest BCUT2D eigenvalue weighted by Crippen LogP contribution is -2.25.